The summed E-state index contributed by atoms with van der Waals surface area (Å²) in [7, 11) is 1.58. The Balaban J connectivity index is 2.29. The number of nitrogens with two attached hydrogens (primary N) is 1. The molecule has 1 saturated carbocycles. The molecule has 5 heteroatoms. The molecule has 1 aromatic rings. The zero-order valence-electron chi connectivity index (χ0n) is 10.5. The molecule has 1 aliphatic rings. The van der Waals surface area contributed by atoms with Crippen molar-refractivity contribution in [2.75, 3.05) is 13.7 Å². The van der Waals surface area contributed by atoms with Gasteiger partial charge in [0, 0.05) is 17.7 Å². The average molecular weight is 250 g/mol. The summed E-state index contributed by atoms with van der Waals surface area (Å²) in [6, 6.07) is 4.74. The predicted octanol–water partition coefficient (Wildman–Crippen LogP) is 2.27. The maximum Gasteiger partial charge on any atom is 0.269 e. The Kier molecular flexibility index (Phi) is 3.52. The summed E-state index contributed by atoms with van der Waals surface area (Å²) < 4.78 is 5.28. The lowest BCUT2D eigenvalue weighted by molar-refractivity contribution is -0.384. The number of hydrogen-bond donors (Lipinski definition) is 1. The normalized spacial score (nSPS) is 17.0. The van der Waals surface area contributed by atoms with Gasteiger partial charge in [-0.3, -0.25) is 10.1 Å². The smallest absolute Gasteiger partial charge is 0.269 e. The van der Waals surface area contributed by atoms with Crippen molar-refractivity contribution >= 4 is 5.69 Å². The quantitative estimate of drug-likeness (QED) is 0.642. The van der Waals surface area contributed by atoms with Gasteiger partial charge in [-0.1, -0.05) is 6.42 Å². The molecule has 0 heterocycles. The Bertz CT molecular complexity index is 450. The van der Waals surface area contributed by atoms with E-state index in [0.29, 0.717) is 12.3 Å². The van der Waals surface area contributed by atoms with Gasteiger partial charge in [0.25, 0.3) is 5.69 Å². The first-order chi connectivity index (χ1) is 8.60. The zero-order chi connectivity index (χ0) is 13.2. The van der Waals surface area contributed by atoms with Crippen LogP contribution in [0.4, 0.5) is 5.69 Å². The topological polar surface area (TPSA) is 78.4 Å². The SMILES string of the molecule is COc1ccc([N+](=O)[O-])cc1CC1(CN)CCC1. The van der Waals surface area contributed by atoms with Crippen LogP contribution in [-0.2, 0) is 6.42 Å². The fraction of sp³-hybridized carbons (Fsp3) is 0.538. The minimum Gasteiger partial charge on any atom is -0.496 e. The van der Waals surface area contributed by atoms with Crippen molar-refractivity contribution in [1.82, 2.24) is 0 Å². The van der Waals surface area contributed by atoms with Crippen LogP contribution >= 0.6 is 0 Å². The van der Waals surface area contributed by atoms with Crippen molar-refractivity contribution in [3.8, 4) is 5.75 Å². The monoisotopic (exact) mass is 250 g/mol. The van der Waals surface area contributed by atoms with Crippen LogP contribution in [0.25, 0.3) is 0 Å². The third-order valence-electron chi connectivity index (χ3n) is 3.89. The minimum atomic E-state index is -0.376. The second kappa shape index (κ2) is 4.94. The fourth-order valence-electron chi connectivity index (χ4n) is 2.55. The summed E-state index contributed by atoms with van der Waals surface area (Å²) in [4.78, 5) is 10.4. The number of methoxy groups -OCH3 is 1. The number of ether oxygens (including phenoxy) is 1. The van der Waals surface area contributed by atoms with E-state index in [1.165, 1.54) is 12.5 Å². The van der Waals surface area contributed by atoms with Crippen molar-refractivity contribution in [2.45, 2.75) is 25.7 Å². The van der Waals surface area contributed by atoms with Crippen molar-refractivity contribution in [2.24, 2.45) is 11.1 Å². The molecule has 1 fully saturated rings. The number of non-ortho nitro benzene ring substituents is 1. The summed E-state index contributed by atoms with van der Waals surface area (Å²) in [5, 5.41) is 10.8. The highest BCUT2D eigenvalue weighted by atomic mass is 16.6. The molecule has 0 radical (unpaired) electrons. The van der Waals surface area contributed by atoms with Crippen molar-refractivity contribution in [1.29, 1.82) is 0 Å². The van der Waals surface area contributed by atoms with Gasteiger partial charge < -0.3 is 10.5 Å². The lowest BCUT2D eigenvalue weighted by Crippen LogP contribution is -2.39. The van der Waals surface area contributed by atoms with Gasteiger partial charge in [-0.05, 0) is 37.3 Å². The van der Waals surface area contributed by atoms with E-state index in [0.717, 1.165) is 24.8 Å². The lowest BCUT2D eigenvalue weighted by Gasteiger charge is -2.41. The molecule has 0 amide bonds. The molecular formula is C13H18N2O3. The van der Waals surface area contributed by atoms with Gasteiger partial charge in [-0.15, -0.1) is 0 Å². The fourth-order valence-corrected chi connectivity index (χ4v) is 2.55. The Morgan fingerprint density at radius 3 is 2.67 bits per heavy atom. The third kappa shape index (κ3) is 2.31. The largest absolute Gasteiger partial charge is 0.496 e. The number of nitro groups is 1. The van der Waals surface area contributed by atoms with Crippen LogP contribution in [0.5, 0.6) is 5.75 Å². The highest BCUT2D eigenvalue weighted by Crippen LogP contribution is 2.44. The van der Waals surface area contributed by atoms with Gasteiger partial charge in [0.2, 0.25) is 0 Å². The summed E-state index contributed by atoms with van der Waals surface area (Å²) in [6.45, 7) is 0.624. The van der Waals surface area contributed by atoms with Crippen molar-refractivity contribution < 1.29 is 9.66 Å². The number of hydrogen-bond acceptors (Lipinski definition) is 4. The molecule has 98 valence electrons. The maximum atomic E-state index is 10.8. The first-order valence-electron chi connectivity index (χ1n) is 6.12. The molecule has 0 unspecified atom stereocenters. The standard InChI is InChI=1S/C13H18N2O3/c1-18-12-4-3-11(15(16)17)7-10(12)8-13(9-14)5-2-6-13/h3-4,7H,2,5-6,8-9,14H2,1H3. The van der Waals surface area contributed by atoms with Crippen LogP contribution in [0.2, 0.25) is 0 Å². The second-order valence-corrected chi connectivity index (χ2v) is 4.99. The summed E-state index contributed by atoms with van der Waals surface area (Å²) in [5.41, 5.74) is 6.94. The lowest BCUT2D eigenvalue weighted by atomic mass is 9.65. The first kappa shape index (κ1) is 12.8. The molecule has 5 nitrogen and oxygen atoms in total. The van der Waals surface area contributed by atoms with E-state index in [1.54, 1.807) is 19.2 Å². The highest BCUT2D eigenvalue weighted by Gasteiger charge is 2.36. The predicted molar refractivity (Wildman–Crippen MR) is 68.7 cm³/mol. The molecule has 0 aromatic heterocycles. The van der Waals surface area contributed by atoms with Crippen molar-refractivity contribution in [3.63, 3.8) is 0 Å². The molecule has 0 atom stereocenters. The summed E-state index contributed by atoms with van der Waals surface area (Å²) in [5.74, 6) is 0.709. The number of nitrogens with zero attached hydrogens (tertiary/aromatic N) is 1. The van der Waals surface area contributed by atoms with Gasteiger partial charge in [0.15, 0.2) is 0 Å². The first-order valence-corrected chi connectivity index (χ1v) is 6.12. The number of rotatable bonds is 5. The van der Waals surface area contributed by atoms with Gasteiger partial charge >= 0.3 is 0 Å². The van der Waals surface area contributed by atoms with Gasteiger partial charge in [-0.2, -0.15) is 0 Å². The maximum absolute atomic E-state index is 10.8. The van der Waals surface area contributed by atoms with Crippen molar-refractivity contribution in [3.05, 3.63) is 33.9 Å². The van der Waals surface area contributed by atoms with Gasteiger partial charge in [0.05, 0.1) is 12.0 Å². The Morgan fingerprint density at radius 2 is 2.22 bits per heavy atom. The Hall–Kier alpha value is -1.62. The van der Waals surface area contributed by atoms with E-state index in [4.69, 9.17) is 10.5 Å². The van der Waals surface area contributed by atoms with E-state index >= 15 is 0 Å². The van der Waals surface area contributed by atoms with E-state index in [-0.39, 0.29) is 16.0 Å². The Labute approximate surface area is 106 Å². The molecule has 0 bridgehead atoms. The van der Waals surface area contributed by atoms with E-state index < -0.39 is 0 Å². The van der Waals surface area contributed by atoms with Crippen LogP contribution in [-0.4, -0.2) is 18.6 Å². The highest BCUT2D eigenvalue weighted by molar-refractivity contribution is 5.44. The molecular weight excluding hydrogens is 232 g/mol. The van der Waals surface area contributed by atoms with Crippen LogP contribution in [0.3, 0.4) is 0 Å². The third-order valence-corrected chi connectivity index (χ3v) is 3.89. The van der Waals surface area contributed by atoms with Crippen LogP contribution in [0.15, 0.2) is 18.2 Å². The summed E-state index contributed by atoms with van der Waals surface area (Å²) in [6.07, 6.45) is 4.13. The van der Waals surface area contributed by atoms with Crippen LogP contribution in [0.1, 0.15) is 24.8 Å². The molecule has 1 aromatic carbocycles. The molecule has 18 heavy (non-hydrogen) atoms. The zero-order valence-corrected chi connectivity index (χ0v) is 10.5. The van der Waals surface area contributed by atoms with Gasteiger partial charge in [0.1, 0.15) is 5.75 Å². The molecule has 0 saturated heterocycles. The van der Waals surface area contributed by atoms with E-state index in [9.17, 15) is 10.1 Å². The number of nitro benzene ring substituents is 1. The van der Waals surface area contributed by atoms with E-state index in [1.807, 2.05) is 0 Å². The minimum absolute atomic E-state index is 0.109. The van der Waals surface area contributed by atoms with Crippen LogP contribution < -0.4 is 10.5 Å². The molecule has 1 aliphatic carbocycles. The molecule has 0 spiro atoms. The Morgan fingerprint density at radius 1 is 1.50 bits per heavy atom. The van der Waals surface area contributed by atoms with Gasteiger partial charge in [-0.25, -0.2) is 0 Å². The average Bonchev–Trinajstić information content (AvgIpc) is 2.33. The molecule has 2 N–H and O–H groups in total. The number of benzene rings is 1. The molecule has 2 rings (SSSR count). The van der Waals surface area contributed by atoms with E-state index in [2.05, 4.69) is 0 Å². The summed E-state index contributed by atoms with van der Waals surface area (Å²) >= 11 is 0. The van der Waals surface area contributed by atoms with Crippen LogP contribution in [0, 0.1) is 15.5 Å². The second-order valence-electron chi connectivity index (χ2n) is 4.99. The molecule has 0 aliphatic heterocycles.